The molecule has 0 saturated carbocycles. The monoisotopic (exact) mass is 588 g/mol. The van der Waals surface area contributed by atoms with Crippen LogP contribution in [0.2, 0.25) is 10.3 Å². The van der Waals surface area contributed by atoms with E-state index >= 15 is 0 Å². The van der Waals surface area contributed by atoms with Crippen LogP contribution in [0.5, 0.6) is 5.75 Å². The van der Waals surface area contributed by atoms with Crippen LogP contribution in [0.1, 0.15) is 25.0 Å². The second-order valence-electron chi connectivity index (χ2n) is 9.91. The zero-order valence-corrected chi connectivity index (χ0v) is 23.3. The zero-order valence-electron chi connectivity index (χ0n) is 21.7. The number of fused-ring (bicyclic) bond motifs is 1. The van der Waals surface area contributed by atoms with Gasteiger partial charge in [-0.15, -0.1) is 0 Å². The number of ether oxygens (including phenoxy) is 2. The highest BCUT2D eigenvalue weighted by Crippen LogP contribution is 2.27. The first kappa shape index (κ1) is 28.2. The maximum atomic E-state index is 10.8. The number of furan rings is 1. The van der Waals surface area contributed by atoms with E-state index in [2.05, 4.69) is 9.88 Å². The Hall–Kier alpha value is -3.31. The Kier molecular flexibility index (Phi) is 9.11. The number of halogens is 2. The molecule has 2 aromatic heterocycles. The van der Waals surface area contributed by atoms with Gasteiger partial charge in [-0.1, -0.05) is 11.6 Å². The molecule has 1 saturated heterocycles. The summed E-state index contributed by atoms with van der Waals surface area (Å²) in [5.74, 6) is 1.65. The summed E-state index contributed by atoms with van der Waals surface area (Å²) < 4.78 is 19.0. The molecule has 0 aliphatic carbocycles. The van der Waals surface area contributed by atoms with Crippen LogP contribution in [0.25, 0.3) is 11.0 Å². The molecule has 3 heterocycles. The molecule has 1 atom stereocenters. The minimum absolute atomic E-state index is 0.0146. The van der Waals surface area contributed by atoms with Crippen molar-refractivity contribution in [2.45, 2.75) is 38.5 Å². The van der Waals surface area contributed by atoms with Gasteiger partial charge in [-0.25, -0.2) is 0 Å². The van der Waals surface area contributed by atoms with Crippen LogP contribution in [0.4, 0.5) is 11.5 Å². The Morgan fingerprint density at radius 2 is 1.93 bits per heavy atom. The lowest BCUT2D eigenvalue weighted by Gasteiger charge is -2.33. The molecule has 0 bridgehead atoms. The van der Waals surface area contributed by atoms with Crippen molar-refractivity contribution in [3.05, 3.63) is 80.9 Å². The Bertz CT molecular complexity index is 1430. The lowest BCUT2D eigenvalue weighted by molar-refractivity contribution is -0.389. The molecule has 1 aliphatic heterocycles. The smallest absolute Gasteiger partial charge is 0.383 e. The van der Waals surface area contributed by atoms with Crippen molar-refractivity contribution < 1.29 is 23.9 Å². The van der Waals surface area contributed by atoms with Crippen LogP contribution in [-0.2, 0) is 17.9 Å². The van der Waals surface area contributed by atoms with Crippen LogP contribution in [0.15, 0.2) is 59.1 Å². The number of anilines is 1. The van der Waals surface area contributed by atoms with Crippen molar-refractivity contribution in [1.29, 1.82) is 0 Å². The third-order valence-electron chi connectivity index (χ3n) is 6.99. The highest BCUT2D eigenvalue weighted by molar-refractivity contribution is 6.31. The molecule has 12 heteroatoms. The summed E-state index contributed by atoms with van der Waals surface area (Å²) >= 11 is 12.0. The van der Waals surface area contributed by atoms with E-state index in [0.717, 1.165) is 48.3 Å². The van der Waals surface area contributed by atoms with E-state index in [1.54, 1.807) is 0 Å². The number of nitrogens with zero attached hydrogens (tertiary/aromatic N) is 4. The van der Waals surface area contributed by atoms with Gasteiger partial charge in [-0.2, -0.15) is 0 Å². The lowest BCUT2D eigenvalue weighted by Crippen LogP contribution is -2.35. The summed E-state index contributed by atoms with van der Waals surface area (Å²) in [5.41, 5.74) is 1.94. The molecule has 2 aromatic carbocycles. The first-order chi connectivity index (χ1) is 19.3. The highest BCUT2D eigenvalue weighted by Gasteiger charge is 2.21. The first-order valence-corrected chi connectivity index (χ1v) is 13.9. The van der Waals surface area contributed by atoms with Gasteiger partial charge in [-0.05, 0) is 95.2 Å². The van der Waals surface area contributed by atoms with Crippen molar-refractivity contribution in [1.82, 2.24) is 9.55 Å². The maximum Gasteiger partial charge on any atom is 0.383 e. The summed E-state index contributed by atoms with van der Waals surface area (Å²) in [7, 11) is 0. The Balaban J connectivity index is 1.00. The molecule has 0 spiro atoms. The molecule has 212 valence electrons. The molecule has 1 unspecified atom stereocenters. The number of hydrogen-bond donors (Lipinski definition) is 1. The SMILES string of the molecule is O=[N+]([O-])c1cn(CCC(O)COc2ccc(N3CCC(COCc4cc5cc(Cl)ccc5o4)CC3)cc2)c(Cl)n1. The normalized spacial score (nSPS) is 15.0. The molecule has 4 aromatic rings. The molecule has 1 fully saturated rings. The standard InChI is InChI=1S/C28H30Cl2N4O6/c29-21-1-6-26-20(13-21)14-25(40-26)18-38-16-19-7-10-32(11-8-19)22-2-4-24(5-3-22)39-17-23(35)9-12-33-15-27(34(36)37)31-28(33)30/h1-6,13-15,19,23,35H,7-12,16-18H2. The number of nitro groups is 1. The number of piperidine rings is 1. The number of aliphatic hydroxyl groups excluding tert-OH is 1. The van der Waals surface area contributed by atoms with E-state index in [0.29, 0.717) is 42.9 Å². The number of hydrogen-bond acceptors (Lipinski definition) is 8. The van der Waals surface area contributed by atoms with Gasteiger partial charge in [0.1, 0.15) is 36.5 Å². The van der Waals surface area contributed by atoms with Crippen LogP contribution < -0.4 is 9.64 Å². The molecular weight excluding hydrogens is 559 g/mol. The van der Waals surface area contributed by atoms with Gasteiger partial charge in [0.25, 0.3) is 0 Å². The Morgan fingerprint density at radius 1 is 1.15 bits per heavy atom. The second-order valence-corrected chi connectivity index (χ2v) is 10.7. The summed E-state index contributed by atoms with van der Waals surface area (Å²) in [6.45, 7) is 3.43. The summed E-state index contributed by atoms with van der Waals surface area (Å²) in [6.07, 6.45) is 2.90. The molecular formula is C28H30Cl2N4O6. The quantitative estimate of drug-likeness (QED) is 0.156. The van der Waals surface area contributed by atoms with E-state index < -0.39 is 11.0 Å². The fourth-order valence-electron chi connectivity index (χ4n) is 4.77. The van der Waals surface area contributed by atoms with Gasteiger partial charge >= 0.3 is 11.1 Å². The van der Waals surface area contributed by atoms with Gasteiger partial charge in [0.2, 0.25) is 0 Å². The predicted octanol–water partition coefficient (Wildman–Crippen LogP) is 6.11. The summed E-state index contributed by atoms with van der Waals surface area (Å²) in [4.78, 5) is 16.2. The van der Waals surface area contributed by atoms with Gasteiger partial charge < -0.3 is 34.0 Å². The highest BCUT2D eigenvalue weighted by atomic mass is 35.5. The van der Waals surface area contributed by atoms with E-state index in [1.165, 1.54) is 10.8 Å². The average Bonchev–Trinajstić information content (AvgIpc) is 3.53. The second kappa shape index (κ2) is 12.9. The number of rotatable bonds is 12. The number of imidazole rings is 1. The van der Waals surface area contributed by atoms with Crippen LogP contribution >= 0.6 is 23.2 Å². The minimum atomic E-state index is -0.760. The van der Waals surface area contributed by atoms with Crippen LogP contribution in [0, 0.1) is 16.0 Å². The minimum Gasteiger partial charge on any atom is -0.491 e. The number of benzene rings is 2. The van der Waals surface area contributed by atoms with Crippen molar-refractivity contribution >= 4 is 45.7 Å². The number of aryl methyl sites for hydroxylation is 1. The molecule has 1 N–H and O–H groups in total. The van der Waals surface area contributed by atoms with Crippen LogP contribution in [-0.4, -0.2) is 52.0 Å². The fourth-order valence-corrected chi connectivity index (χ4v) is 5.17. The van der Waals surface area contributed by atoms with Crippen LogP contribution in [0.3, 0.4) is 0 Å². The van der Waals surface area contributed by atoms with Crippen molar-refractivity contribution in [3.8, 4) is 5.75 Å². The lowest BCUT2D eigenvalue weighted by atomic mass is 9.97. The maximum absolute atomic E-state index is 10.8. The summed E-state index contributed by atoms with van der Waals surface area (Å²) in [5, 5.41) is 22.8. The Morgan fingerprint density at radius 3 is 2.65 bits per heavy atom. The van der Waals surface area contributed by atoms with E-state index in [-0.39, 0.29) is 17.7 Å². The van der Waals surface area contributed by atoms with Gasteiger partial charge in [-0.3, -0.25) is 4.57 Å². The van der Waals surface area contributed by atoms with Crippen molar-refractivity contribution in [2.24, 2.45) is 5.92 Å². The van der Waals surface area contributed by atoms with Gasteiger partial charge in [0, 0.05) is 35.7 Å². The molecule has 10 nitrogen and oxygen atoms in total. The van der Waals surface area contributed by atoms with E-state index in [9.17, 15) is 15.2 Å². The molecule has 1 aliphatic rings. The first-order valence-electron chi connectivity index (χ1n) is 13.1. The summed E-state index contributed by atoms with van der Waals surface area (Å²) in [6, 6.07) is 15.4. The molecule has 5 rings (SSSR count). The predicted molar refractivity (Wildman–Crippen MR) is 152 cm³/mol. The molecule has 0 radical (unpaired) electrons. The van der Waals surface area contributed by atoms with Crippen molar-refractivity contribution in [2.75, 3.05) is 31.2 Å². The third kappa shape index (κ3) is 7.25. The molecule has 40 heavy (non-hydrogen) atoms. The Labute approximate surface area is 241 Å². The molecule has 0 amide bonds. The third-order valence-corrected chi connectivity index (χ3v) is 7.53. The zero-order chi connectivity index (χ0) is 28.1. The van der Waals surface area contributed by atoms with E-state index in [4.69, 9.17) is 37.1 Å². The number of aliphatic hydroxyl groups is 1. The van der Waals surface area contributed by atoms with Crippen molar-refractivity contribution in [3.63, 3.8) is 0 Å². The van der Waals surface area contributed by atoms with Gasteiger partial charge in [0.15, 0.2) is 0 Å². The van der Waals surface area contributed by atoms with E-state index in [1.807, 2.05) is 48.5 Å². The topological polar surface area (TPSA) is 116 Å². The fraction of sp³-hybridized carbons (Fsp3) is 0.393. The number of aromatic nitrogens is 2. The average molecular weight is 589 g/mol. The van der Waals surface area contributed by atoms with Gasteiger partial charge in [0.05, 0.1) is 12.7 Å². The largest absolute Gasteiger partial charge is 0.491 e.